The van der Waals surface area contributed by atoms with Crippen molar-refractivity contribution < 1.29 is 14.3 Å². The Morgan fingerprint density at radius 2 is 1.47 bits per heavy atom. The molecule has 0 atom stereocenters. The molecular formula is C25H26N2O3. The second-order valence-corrected chi connectivity index (χ2v) is 7.19. The highest BCUT2D eigenvalue weighted by atomic mass is 16.5. The van der Waals surface area contributed by atoms with Gasteiger partial charge in [-0.3, -0.25) is 9.59 Å². The Hall–Kier alpha value is -3.44. The third kappa shape index (κ3) is 6.29. The molecule has 0 aliphatic rings. The van der Waals surface area contributed by atoms with Crippen molar-refractivity contribution in [1.29, 1.82) is 0 Å². The Kier molecular flexibility index (Phi) is 7.35. The van der Waals surface area contributed by atoms with Gasteiger partial charge in [0.05, 0.1) is 13.2 Å². The molecule has 0 aliphatic heterocycles. The molecule has 3 aromatic rings. The summed E-state index contributed by atoms with van der Waals surface area (Å²) in [5.41, 5.74) is 5.30. The zero-order valence-corrected chi connectivity index (χ0v) is 17.3. The lowest BCUT2D eigenvalue weighted by atomic mass is 10.1. The standard InChI is InChI=1S/C25H26N2O3/c1-18-8-13-23(14-24(18)27-19(2)28)25(29)26-15-20-9-11-22(12-10-20)17-30-16-21-6-4-3-5-7-21/h3-14H,15-17H2,1-2H3,(H,26,29)(H,27,28). The van der Waals surface area contributed by atoms with Crippen molar-refractivity contribution in [1.82, 2.24) is 5.32 Å². The van der Waals surface area contributed by atoms with E-state index in [0.29, 0.717) is 31.0 Å². The quantitative estimate of drug-likeness (QED) is 0.579. The third-order valence-electron chi connectivity index (χ3n) is 4.67. The lowest BCUT2D eigenvalue weighted by Gasteiger charge is -2.10. The summed E-state index contributed by atoms with van der Waals surface area (Å²) in [6.07, 6.45) is 0. The number of ether oxygens (including phenoxy) is 1. The molecule has 0 unspecified atom stereocenters. The summed E-state index contributed by atoms with van der Waals surface area (Å²) >= 11 is 0. The number of carbonyl (C=O) groups excluding carboxylic acids is 2. The van der Waals surface area contributed by atoms with Crippen molar-refractivity contribution in [3.05, 3.63) is 101 Å². The highest BCUT2D eigenvalue weighted by Crippen LogP contribution is 2.17. The molecule has 3 aromatic carbocycles. The topological polar surface area (TPSA) is 67.4 Å². The van der Waals surface area contributed by atoms with E-state index in [4.69, 9.17) is 4.74 Å². The second kappa shape index (κ2) is 10.4. The Morgan fingerprint density at radius 3 is 2.13 bits per heavy atom. The molecule has 2 N–H and O–H groups in total. The van der Waals surface area contributed by atoms with Gasteiger partial charge in [0.2, 0.25) is 5.91 Å². The Balaban J connectivity index is 1.49. The first-order valence-electron chi connectivity index (χ1n) is 9.87. The maximum absolute atomic E-state index is 12.5. The summed E-state index contributed by atoms with van der Waals surface area (Å²) in [5, 5.41) is 5.66. The summed E-state index contributed by atoms with van der Waals surface area (Å²) in [6, 6.07) is 23.3. The van der Waals surface area contributed by atoms with Gasteiger partial charge in [-0.25, -0.2) is 0 Å². The van der Waals surface area contributed by atoms with E-state index in [-0.39, 0.29) is 11.8 Å². The van der Waals surface area contributed by atoms with Crippen LogP contribution >= 0.6 is 0 Å². The monoisotopic (exact) mass is 402 g/mol. The van der Waals surface area contributed by atoms with Crippen LogP contribution in [0.2, 0.25) is 0 Å². The predicted molar refractivity (Wildman–Crippen MR) is 118 cm³/mol. The van der Waals surface area contributed by atoms with Gasteiger partial charge in [0, 0.05) is 24.7 Å². The van der Waals surface area contributed by atoms with Crippen LogP contribution in [-0.2, 0) is 29.3 Å². The van der Waals surface area contributed by atoms with Crippen molar-refractivity contribution in [2.24, 2.45) is 0 Å². The second-order valence-electron chi connectivity index (χ2n) is 7.19. The van der Waals surface area contributed by atoms with Gasteiger partial charge in [-0.1, -0.05) is 60.7 Å². The van der Waals surface area contributed by atoms with Crippen LogP contribution in [0.1, 0.15) is 39.5 Å². The molecule has 0 aromatic heterocycles. The highest BCUT2D eigenvalue weighted by molar-refractivity contribution is 5.97. The first-order chi connectivity index (χ1) is 14.5. The van der Waals surface area contributed by atoms with Crippen molar-refractivity contribution >= 4 is 17.5 Å². The van der Waals surface area contributed by atoms with Crippen LogP contribution in [0.25, 0.3) is 0 Å². The number of hydrogen-bond acceptors (Lipinski definition) is 3. The molecule has 0 fully saturated rings. The summed E-state index contributed by atoms with van der Waals surface area (Å²) in [4.78, 5) is 23.8. The molecule has 0 heterocycles. The Bertz CT molecular complexity index is 999. The van der Waals surface area contributed by atoms with Crippen LogP contribution in [0.3, 0.4) is 0 Å². The van der Waals surface area contributed by atoms with Gasteiger partial charge in [-0.2, -0.15) is 0 Å². The molecule has 0 bridgehead atoms. The van der Waals surface area contributed by atoms with E-state index in [1.54, 1.807) is 12.1 Å². The maximum atomic E-state index is 12.5. The molecular weight excluding hydrogens is 376 g/mol. The van der Waals surface area contributed by atoms with Gasteiger partial charge in [0.25, 0.3) is 5.91 Å². The van der Waals surface area contributed by atoms with Crippen LogP contribution in [0.15, 0.2) is 72.8 Å². The highest BCUT2D eigenvalue weighted by Gasteiger charge is 2.09. The number of nitrogens with one attached hydrogen (secondary N) is 2. The zero-order valence-electron chi connectivity index (χ0n) is 17.3. The molecule has 5 heteroatoms. The number of carbonyl (C=O) groups is 2. The number of rotatable bonds is 8. The largest absolute Gasteiger partial charge is 0.372 e. The average molecular weight is 402 g/mol. The fourth-order valence-electron chi connectivity index (χ4n) is 2.99. The third-order valence-corrected chi connectivity index (χ3v) is 4.67. The van der Waals surface area contributed by atoms with E-state index in [2.05, 4.69) is 10.6 Å². The smallest absolute Gasteiger partial charge is 0.251 e. The minimum atomic E-state index is -0.183. The molecule has 0 saturated carbocycles. The molecule has 154 valence electrons. The predicted octanol–water partition coefficient (Wildman–Crippen LogP) is 4.60. The summed E-state index contributed by atoms with van der Waals surface area (Å²) in [7, 11) is 0. The molecule has 5 nitrogen and oxygen atoms in total. The number of benzene rings is 3. The van der Waals surface area contributed by atoms with Gasteiger partial charge in [-0.15, -0.1) is 0 Å². The lowest BCUT2D eigenvalue weighted by molar-refractivity contribution is -0.114. The van der Waals surface area contributed by atoms with E-state index in [0.717, 1.165) is 22.3 Å². The summed E-state index contributed by atoms with van der Waals surface area (Å²) in [5.74, 6) is -0.347. The summed E-state index contributed by atoms with van der Waals surface area (Å²) in [6.45, 7) is 4.88. The van der Waals surface area contributed by atoms with Crippen LogP contribution in [0.4, 0.5) is 5.69 Å². The number of amides is 2. The molecule has 0 saturated heterocycles. The molecule has 0 radical (unpaired) electrons. The van der Waals surface area contributed by atoms with E-state index >= 15 is 0 Å². The van der Waals surface area contributed by atoms with Crippen molar-refractivity contribution in [2.45, 2.75) is 33.6 Å². The van der Waals surface area contributed by atoms with Crippen LogP contribution < -0.4 is 10.6 Å². The number of hydrogen-bond donors (Lipinski definition) is 2. The van der Waals surface area contributed by atoms with E-state index in [9.17, 15) is 9.59 Å². The first-order valence-corrected chi connectivity index (χ1v) is 9.87. The molecule has 3 rings (SSSR count). The van der Waals surface area contributed by atoms with Gasteiger partial charge in [0.15, 0.2) is 0 Å². The van der Waals surface area contributed by atoms with E-state index < -0.39 is 0 Å². The zero-order chi connectivity index (χ0) is 21.3. The molecule has 0 spiro atoms. The fourth-order valence-corrected chi connectivity index (χ4v) is 2.99. The number of aryl methyl sites for hydroxylation is 1. The van der Waals surface area contributed by atoms with Crippen molar-refractivity contribution in [3.63, 3.8) is 0 Å². The SMILES string of the molecule is CC(=O)Nc1cc(C(=O)NCc2ccc(COCc3ccccc3)cc2)ccc1C. The van der Waals surface area contributed by atoms with Crippen molar-refractivity contribution in [3.8, 4) is 0 Å². The average Bonchev–Trinajstić information content (AvgIpc) is 2.75. The minimum Gasteiger partial charge on any atom is -0.372 e. The lowest BCUT2D eigenvalue weighted by Crippen LogP contribution is -2.23. The van der Waals surface area contributed by atoms with Crippen LogP contribution in [0, 0.1) is 6.92 Å². The Morgan fingerprint density at radius 1 is 0.833 bits per heavy atom. The molecule has 30 heavy (non-hydrogen) atoms. The molecule has 2 amide bonds. The summed E-state index contributed by atoms with van der Waals surface area (Å²) < 4.78 is 5.75. The van der Waals surface area contributed by atoms with Gasteiger partial charge >= 0.3 is 0 Å². The normalized spacial score (nSPS) is 10.5. The number of anilines is 1. The first kappa shape index (κ1) is 21.3. The fraction of sp³-hybridized carbons (Fsp3) is 0.200. The van der Waals surface area contributed by atoms with Gasteiger partial charge < -0.3 is 15.4 Å². The Labute approximate surface area is 177 Å². The van der Waals surface area contributed by atoms with E-state index in [1.165, 1.54) is 6.92 Å². The van der Waals surface area contributed by atoms with E-state index in [1.807, 2.05) is 67.6 Å². The van der Waals surface area contributed by atoms with Crippen LogP contribution in [-0.4, -0.2) is 11.8 Å². The van der Waals surface area contributed by atoms with Crippen LogP contribution in [0.5, 0.6) is 0 Å². The van der Waals surface area contributed by atoms with Crippen molar-refractivity contribution in [2.75, 3.05) is 5.32 Å². The maximum Gasteiger partial charge on any atom is 0.251 e. The van der Waals surface area contributed by atoms with Gasteiger partial charge in [0.1, 0.15) is 0 Å². The minimum absolute atomic E-state index is 0.163. The van der Waals surface area contributed by atoms with Gasteiger partial charge in [-0.05, 0) is 41.3 Å². The molecule has 0 aliphatic carbocycles.